The van der Waals surface area contributed by atoms with Gasteiger partial charge in [-0.25, -0.2) is 4.57 Å². The largest absolute Gasteiger partial charge is 0.307 e. The van der Waals surface area contributed by atoms with E-state index in [2.05, 4.69) is 83.7 Å². The van der Waals surface area contributed by atoms with Crippen LogP contribution < -0.4 is 4.57 Å². The number of aryl methyl sites for hydroxylation is 2. The first-order valence-corrected chi connectivity index (χ1v) is 11.7. The molecule has 0 N–H and O–H groups in total. The Bertz CT molecular complexity index is 1630. The number of rotatable bonds is 1. The highest BCUT2D eigenvalue weighted by atomic mass is 15.0. The van der Waals surface area contributed by atoms with Crippen LogP contribution in [0.25, 0.3) is 49.0 Å². The zero-order valence-corrected chi connectivity index (χ0v) is 18.3. The smallest absolute Gasteiger partial charge is 0.224 e. The van der Waals surface area contributed by atoms with Crippen molar-refractivity contribution < 1.29 is 4.57 Å². The lowest BCUT2D eigenvalue weighted by Crippen LogP contribution is -2.29. The molecule has 0 atom stereocenters. The highest BCUT2D eigenvalue weighted by Gasteiger charge is 2.28. The van der Waals surface area contributed by atoms with Gasteiger partial charge in [-0.05, 0) is 60.4 Å². The molecule has 2 nitrogen and oxygen atoms in total. The summed E-state index contributed by atoms with van der Waals surface area (Å²) in [6.45, 7) is 2.25. The monoisotopic (exact) mass is 403 g/mol. The molecule has 3 aromatic heterocycles. The highest BCUT2D eigenvalue weighted by Crippen LogP contribution is 2.46. The molecule has 0 aliphatic heterocycles. The van der Waals surface area contributed by atoms with Gasteiger partial charge in [-0.15, -0.1) is 0 Å². The normalized spacial score (nSPS) is 15.9. The fourth-order valence-electron chi connectivity index (χ4n) is 6.47. The van der Waals surface area contributed by atoms with E-state index in [-0.39, 0.29) is 0 Å². The summed E-state index contributed by atoms with van der Waals surface area (Å²) in [5.74, 6) is 0.675. The lowest BCUT2D eigenvalue weighted by Gasteiger charge is -2.24. The topological polar surface area (TPSA) is 8.29 Å². The Morgan fingerprint density at radius 2 is 1.65 bits per heavy atom. The number of benzene rings is 3. The summed E-state index contributed by atoms with van der Waals surface area (Å²) in [7, 11) is 2.20. The first kappa shape index (κ1) is 17.5. The molecule has 1 saturated carbocycles. The molecule has 31 heavy (non-hydrogen) atoms. The molecule has 6 aromatic rings. The third-order valence-electron chi connectivity index (χ3n) is 7.84. The Balaban J connectivity index is 1.84. The summed E-state index contributed by atoms with van der Waals surface area (Å²) in [5, 5.41) is 7.08. The standard InChI is InChI=1S/C29H27N2/c1-18-9-8-14-24-25(18)28-26-20(15-16-30(28)2)17-22(19-10-4-3-5-11-19)27-21-12-6-7-13-23(21)31(24)29(26)27/h6-9,12-17,19H,3-5,10-11H2,1-2H3/q+1. The van der Waals surface area contributed by atoms with Crippen molar-refractivity contribution in [2.75, 3.05) is 0 Å². The van der Waals surface area contributed by atoms with Crippen molar-refractivity contribution in [1.29, 1.82) is 0 Å². The van der Waals surface area contributed by atoms with E-state index in [1.165, 1.54) is 86.7 Å². The molecule has 2 heteroatoms. The van der Waals surface area contributed by atoms with E-state index in [1.807, 2.05) is 0 Å². The van der Waals surface area contributed by atoms with Crippen LogP contribution in [-0.2, 0) is 7.05 Å². The van der Waals surface area contributed by atoms with Gasteiger partial charge in [0.2, 0.25) is 5.52 Å². The van der Waals surface area contributed by atoms with Crippen molar-refractivity contribution in [2.45, 2.75) is 44.9 Å². The van der Waals surface area contributed by atoms with E-state index in [4.69, 9.17) is 0 Å². The molecule has 0 spiro atoms. The van der Waals surface area contributed by atoms with Gasteiger partial charge in [0.1, 0.15) is 7.05 Å². The van der Waals surface area contributed by atoms with Gasteiger partial charge in [0, 0.05) is 16.8 Å². The third-order valence-corrected chi connectivity index (χ3v) is 7.84. The number of pyridine rings is 2. The summed E-state index contributed by atoms with van der Waals surface area (Å²) in [5.41, 5.74) is 8.36. The molecule has 3 aromatic carbocycles. The maximum atomic E-state index is 2.56. The first-order chi connectivity index (χ1) is 15.2. The van der Waals surface area contributed by atoms with Crippen LogP contribution in [-0.4, -0.2) is 4.40 Å². The van der Waals surface area contributed by atoms with Gasteiger partial charge >= 0.3 is 0 Å². The van der Waals surface area contributed by atoms with E-state index in [0.29, 0.717) is 5.92 Å². The average Bonchev–Trinajstić information content (AvgIpc) is 3.16. The van der Waals surface area contributed by atoms with Crippen LogP contribution in [0.5, 0.6) is 0 Å². The molecule has 1 aliphatic rings. The van der Waals surface area contributed by atoms with Crippen molar-refractivity contribution in [3.05, 3.63) is 71.9 Å². The van der Waals surface area contributed by atoms with E-state index >= 15 is 0 Å². The number of fused-ring (bicyclic) bond motifs is 6. The number of hydrogen-bond donors (Lipinski definition) is 0. The number of nitrogens with zero attached hydrogens (tertiary/aromatic N) is 2. The molecule has 0 radical (unpaired) electrons. The minimum atomic E-state index is 0.675. The second-order valence-corrected chi connectivity index (χ2v) is 9.59. The van der Waals surface area contributed by atoms with E-state index < -0.39 is 0 Å². The van der Waals surface area contributed by atoms with E-state index in [0.717, 1.165) is 0 Å². The summed E-state index contributed by atoms with van der Waals surface area (Å²) < 4.78 is 4.89. The third kappa shape index (κ3) is 2.20. The van der Waals surface area contributed by atoms with Crippen LogP contribution in [0.4, 0.5) is 0 Å². The maximum Gasteiger partial charge on any atom is 0.224 e. The van der Waals surface area contributed by atoms with Gasteiger partial charge in [-0.2, -0.15) is 0 Å². The lowest BCUT2D eigenvalue weighted by molar-refractivity contribution is -0.643. The number of aromatic nitrogens is 2. The summed E-state index contributed by atoms with van der Waals surface area (Å²) in [4.78, 5) is 0. The minimum Gasteiger partial charge on any atom is -0.307 e. The Morgan fingerprint density at radius 1 is 0.839 bits per heavy atom. The summed E-state index contributed by atoms with van der Waals surface area (Å²) >= 11 is 0. The molecule has 0 amide bonds. The van der Waals surface area contributed by atoms with Crippen LogP contribution >= 0.6 is 0 Å². The van der Waals surface area contributed by atoms with Crippen LogP contribution in [0.3, 0.4) is 0 Å². The molecule has 3 heterocycles. The summed E-state index contributed by atoms with van der Waals surface area (Å²) in [6.07, 6.45) is 9.01. The van der Waals surface area contributed by atoms with Crippen molar-refractivity contribution >= 4 is 49.0 Å². The van der Waals surface area contributed by atoms with E-state index in [9.17, 15) is 0 Å². The zero-order valence-electron chi connectivity index (χ0n) is 18.3. The second kappa shape index (κ2) is 6.20. The zero-order chi connectivity index (χ0) is 20.7. The van der Waals surface area contributed by atoms with Crippen LogP contribution in [0.1, 0.15) is 49.1 Å². The van der Waals surface area contributed by atoms with Crippen molar-refractivity contribution in [1.82, 2.24) is 4.40 Å². The molecular formula is C29H27N2+. The number of hydrogen-bond acceptors (Lipinski definition) is 0. The van der Waals surface area contributed by atoms with Gasteiger partial charge in [0.15, 0.2) is 6.20 Å². The molecule has 0 saturated heterocycles. The number of para-hydroxylation sites is 1. The van der Waals surface area contributed by atoms with Gasteiger partial charge in [0.05, 0.1) is 27.3 Å². The summed E-state index contributed by atoms with van der Waals surface area (Å²) in [6, 6.07) is 20.7. The second-order valence-electron chi connectivity index (χ2n) is 9.59. The van der Waals surface area contributed by atoms with Gasteiger partial charge in [-0.1, -0.05) is 49.6 Å². The Kier molecular flexibility index (Phi) is 3.51. The Morgan fingerprint density at radius 3 is 2.52 bits per heavy atom. The SMILES string of the molecule is Cc1cccc2c1c1c3c(cc[n+]1C)cc(C1CCCCC1)c1c4ccccc4n2c13. The van der Waals surface area contributed by atoms with Crippen molar-refractivity contribution in [3.63, 3.8) is 0 Å². The van der Waals surface area contributed by atoms with Crippen molar-refractivity contribution in [3.8, 4) is 0 Å². The molecular weight excluding hydrogens is 376 g/mol. The Labute approximate surface area is 182 Å². The van der Waals surface area contributed by atoms with Gasteiger partial charge in [-0.3, -0.25) is 0 Å². The van der Waals surface area contributed by atoms with Crippen LogP contribution in [0.15, 0.2) is 60.8 Å². The van der Waals surface area contributed by atoms with Crippen LogP contribution in [0, 0.1) is 6.92 Å². The van der Waals surface area contributed by atoms with Gasteiger partial charge < -0.3 is 4.40 Å². The fraction of sp³-hybridized carbons (Fsp3) is 0.276. The molecule has 1 fully saturated rings. The van der Waals surface area contributed by atoms with Gasteiger partial charge in [0.25, 0.3) is 0 Å². The molecule has 0 unspecified atom stereocenters. The maximum absolute atomic E-state index is 2.56. The van der Waals surface area contributed by atoms with Crippen LogP contribution in [0.2, 0.25) is 0 Å². The molecule has 7 rings (SSSR count). The molecule has 0 bridgehead atoms. The van der Waals surface area contributed by atoms with E-state index in [1.54, 1.807) is 5.56 Å². The quantitative estimate of drug-likeness (QED) is 0.156. The predicted octanol–water partition coefficient (Wildman–Crippen LogP) is 7.17. The fourth-order valence-corrected chi connectivity index (χ4v) is 6.47. The van der Waals surface area contributed by atoms with Crippen molar-refractivity contribution in [2.24, 2.45) is 7.05 Å². The lowest BCUT2D eigenvalue weighted by atomic mass is 9.81. The molecule has 1 aliphatic carbocycles. The predicted molar refractivity (Wildman–Crippen MR) is 130 cm³/mol. The molecule has 152 valence electrons. The average molecular weight is 404 g/mol. The minimum absolute atomic E-state index is 0.675. The highest BCUT2D eigenvalue weighted by molar-refractivity contribution is 6.28. The first-order valence-electron chi connectivity index (χ1n) is 11.7. The Hall–Kier alpha value is -3.13.